The lowest BCUT2D eigenvalue weighted by atomic mass is 10.2. The summed E-state index contributed by atoms with van der Waals surface area (Å²) >= 11 is 9.29. The molecule has 2 heterocycles. The fraction of sp³-hybridized carbons (Fsp3) is 0.167. The largest absolute Gasteiger partial charge is 0.316 e. The zero-order valence-electron chi connectivity index (χ0n) is 13.6. The maximum atomic E-state index is 12.7. The van der Waals surface area contributed by atoms with Crippen LogP contribution < -0.4 is 4.80 Å². The second-order valence-corrected chi connectivity index (χ2v) is 7.90. The number of aromatic nitrogens is 2. The number of nitrogens with zero attached hydrogens (tertiary/aromatic N) is 3. The molecular formula is C18H14ClN3OS2. The Bertz CT molecular complexity index is 1190. The van der Waals surface area contributed by atoms with Crippen LogP contribution in [0.4, 0.5) is 0 Å². The first-order chi connectivity index (χ1) is 12.1. The highest BCUT2D eigenvalue weighted by Gasteiger charge is 2.12. The SMILES string of the molecule is CCn1c(=NC(=O)c2ccc3ncsc3c2)sc2ccc(Cl)c(C)c21. The summed E-state index contributed by atoms with van der Waals surface area (Å²) < 4.78 is 4.11. The van der Waals surface area contributed by atoms with Gasteiger partial charge in [-0.15, -0.1) is 11.3 Å². The molecule has 0 aliphatic rings. The van der Waals surface area contributed by atoms with Crippen LogP contribution in [0.2, 0.25) is 5.02 Å². The minimum absolute atomic E-state index is 0.243. The van der Waals surface area contributed by atoms with Crippen molar-refractivity contribution >= 4 is 60.6 Å². The number of hydrogen-bond donors (Lipinski definition) is 0. The zero-order valence-corrected chi connectivity index (χ0v) is 16.0. The summed E-state index contributed by atoms with van der Waals surface area (Å²) in [6.07, 6.45) is 0. The topological polar surface area (TPSA) is 47.2 Å². The van der Waals surface area contributed by atoms with E-state index in [2.05, 4.69) is 9.98 Å². The molecule has 1 amide bonds. The molecule has 2 aromatic carbocycles. The second kappa shape index (κ2) is 6.37. The van der Waals surface area contributed by atoms with E-state index in [1.54, 1.807) is 11.6 Å². The number of fused-ring (bicyclic) bond motifs is 2. The summed E-state index contributed by atoms with van der Waals surface area (Å²) in [4.78, 5) is 22.0. The Morgan fingerprint density at radius 2 is 2.12 bits per heavy atom. The molecule has 126 valence electrons. The summed E-state index contributed by atoms with van der Waals surface area (Å²) in [6.45, 7) is 4.76. The number of hydrogen-bond acceptors (Lipinski definition) is 4. The van der Waals surface area contributed by atoms with Gasteiger partial charge in [0.25, 0.3) is 5.91 Å². The van der Waals surface area contributed by atoms with Gasteiger partial charge < -0.3 is 4.57 Å². The van der Waals surface area contributed by atoms with Crippen LogP contribution in [0, 0.1) is 6.92 Å². The average molecular weight is 388 g/mol. The lowest BCUT2D eigenvalue weighted by Crippen LogP contribution is -2.16. The molecule has 0 unspecified atom stereocenters. The molecule has 4 nitrogen and oxygen atoms in total. The first-order valence-corrected chi connectivity index (χ1v) is 9.86. The van der Waals surface area contributed by atoms with Gasteiger partial charge in [-0.1, -0.05) is 22.9 Å². The number of rotatable bonds is 2. The third kappa shape index (κ3) is 2.80. The first kappa shape index (κ1) is 16.4. The number of halogens is 1. The summed E-state index contributed by atoms with van der Waals surface area (Å²) in [5.74, 6) is -0.243. The van der Waals surface area contributed by atoms with Crippen LogP contribution >= 0.6 is 34.3 Å². The van der Waals surface area contributed by atoms with Gasteiger partial charge in [-0.05, 0) is 49.7 Å². The van der Waals surface area contributed by atoms with Crippen LogP contribution in [-0.2, 0) is 6.54 Å². The van der Waals surface area contributed by atoms with Gasteiger partial charge in [-0.25, -0.2) is 4.98 Å². The highest BCUT2D eigenvalue weighted by atomic mass is 35.5. The number of thiazole rings is 2. The van der Waals surface area contributed by atoms with Gasteiger partial charge in [-0.3, -0.25) is 4.79 Å². The Morgan fingerprint density at radius 1 is 1.28 bits per heavy atom. The Morgan fingerprint density at radius 3 is 2.92 bits per heavy atom. The molecular weight excluding hydrogens is 374 g/mol. The van der Waals surface area contributed by atoms with Gasteiger partial charge in [0.1, 0.15) is 0 Å². The van der Waals surface area contributed by atoms with E-state index in [0.29, 0.717) is 10.4 Å². The molecule has 0 aliphatic carbocycles. The number of amides is 1. The highest BCUT2D eigenvalue weighted by Crippen LogP contribution is 2.27. The van der Waals surface area contributed by atoms with Crippen molar-refractivity contribution in [2.75, 3.05) is 0 Å². The average Bonchev–Trinajstić information content (AvgIpc) is 3.21. The molecule has 0 N–H and O–H groups in total. The molecule has 0 aliphatic heterocycles. The molecule has 4 rings (SSSR count). The van der Waals surface area contributed by atoms with E-state index < -0.39 is 0 Å². The monoisotopic (exact) mass is 387 g/mol. The van der Waals surface area contributed by atoms with Gasteiger partial charge in [-0.2, -0.15) is 4.99 Å². The highest BCUT2D eigenvalue weighted by molar-refractivity contribution is 7.17. The van der Waals surface area contributed by atoms with Crippen LogP contribution in [0.25, 0.3) is 20.4 Å². The standard InChI is InChI=1S/C18H14ClN3OS2/c1-3-22-16-10(2)12(19)5-7-14(16)25-18(22)21-17(23)11-4-6-13-15(8-11)24-9-20-13/h4-9H,3H2,1-2H3. The number of carbonyl (C=O) groups excluding carboxylic acids is 1. The molecule has 7 heteroatoms. The van der Waals surface area contributed by atoms with Crippen molar-refractivity contribution in [1.82, 2.24) is 9.55 Å². The molecule has 0 fully saturated rings. The van der Waals surface area contributed by atoms with Gasteiger partial charge in [0.05, 0.1) is 25.9 Å². The van der Waals surface area contributed by atoms with Crippen LogP contribution in [0.3, 0.4) is 0 Å². The van der Waals surface area contributed by atoms with Gasteiger partial charge in [0.15, 0.2) is 4.80 Å². The molecule has 0 radical (unpaired) electrons. The number of benzene rings is 2. The summed E-state index contributed by atoms with van der Waals surface area (Å²) in [7, 11) is 0. The fourth-order valence-electron chi connectivity index (χ4n) is 2.83. The van der Waals surface area contributed by atoms with E-state index in [9.17, 15) is 4.79 Å². The minimum Gasteiger partial charge on any atom is -0.316 e. The second-order valence-electron chi connectivity index (χ2n) is 5.60. The minimum atomic E-state index is -0.243. The molecule has 0 spiro atoms. The van der Waals surface area contributed by atoms with Crippen molar-refractivity contribution in [2.45, 2.75) is 20.4 Å². The van der Waals surface area contributed by atoms with Crippen LogP contribution in [0.5, 0.6) is 0 Å². The molecule has 0 bridgehead atoms. The van der Waals surface area contributed by atoms with E-state index in [1.807, 2.05) is 42.7 Å². The quantitative estimate of drug-likeness (QED) is 0.484. The molecule has 0 saturated carbocycles. The third-order valence-electron chi connectivity index (χ3n) is 4.12. The Balaban J connectivity index is 1.87. The van der Waals surface area contributed by atoms with E-state index >= 15 is 0 Å². The van der Waals surface area contributed by atoms with E-state index in [1.165, 1.54) is 22.7 Å². The van der Waals surface area contributed by atoms with Crippen molar-refractivity contribution in [2.24, 2.45) is 4.99 Å². The first-order valence-electron chi connectivity index (χ1n) is 7.79. The molecule has 4 aromatic rings. The Labute approximate surface area is 157 Å². The maximum absolute atomic E-state index is 12.7. The molecule has 0 saturated heterocycles. The van der Waals surface area contributed by atoms with Crippen LogP contribution in [0.1, 0.15) is 22.8 Å². The maximum Gasteiger partial charge on any atom is 0.279 e. The third-order valence-corrected chi connectivity index (χ3v) is 6.37. The summed E-state index contributed by atoms with van der Waals surface area (Å²) in [5.41, 5.74) is 5.31. The summed E-state index contributed by atoms with van der Waals surface area (Å²) in [6, 6.07) is 9.36. The van der Waals surface area contributed by atoms with Gasteiger partial charge in [0, 0.05) is 17.1 Å². The predicted octanol–water partition coefficient (Wildman–Crippen LogP) is 5.04. The van der Waals surface area contributed by atoms with E-state index in [0.717, 1.165) is 37.6 Å². The molecule has 25 heavy (non-hydrogen) atoms. The van der Waals surface area contributed by atoms with Crippen molar-refractivity contribution in [3.63, 3.8) is 0 Å². The number of aryl methyl sites for hydroxylation is 2. The lowest BCUT2D eigenvalue weighted by Gasteiger charge is -2.05. The zero-order chi connectivity index (χ0) is 17.6. The van der Waals surface area contributed by atoms with Gasteiger partial charge in [0.2, 0.25) is 0 Å². The van der Waals surface area contributed by atoms with Crippen LogP contribution in [-0.4, -0.2) is 15.5 Å². The molecule has 2 aromatic heterocycles. The Hall–Kier alpha value is -2.02. The van der Waals surface area contributed by atoms with E-state index in [-0.39, 0.29) is 5.91 Å². The van der Waals surface area contributed by atoms with Crippen LogP contribution in [0.15, 0.2) is 40.8 Å². The lowest BCUT2D eigenvalue weighted by molar-refractivity contribution is 0.0998. The number of carbonyl (C=O) groups is 1. The van der Waals surface area contributed by atoms with Gasteiger partial charge >= 0.3 is 0 Å². The van der Waals surface area contributed by atoms with Crippen molar-refractivity contribution in [1.29, 1.82) is 0 Å². The summed E-state index contributed by atoms with van der Waals surface area (Å²) in [5, 5.41) is 0.723. The molecule has 0 atom stereocenters. The van der Waals surface area contributed by atoms with Crippen molar-refractivity contribution in [3.8, 4) is 0 Å². The fourth-order valence-corrected chi connectivity index (χ4v) is 4.85. The predicted molar refractivity (Wildman–Crippen MR) is 105 cm³/mol. The normalized spacial score (nSPS) is 12.4. The Kier molecular flexibility index (Phi) is 4.19. The van der Waals surface area contributed by atoms with Crippen molar-refractivity contribution < 1.29 is 4.79 Å². The van der Waals surface area contributed by atoms with E-state index in [4.69, 9.17) is 11.6 Å². The van der Waals surface area contributed by atoms with Crippen molar-refractivity contribution in [3.05, 3.63) is 56.8 Å². The smallest absolute Gasteiger partial charge is 0.279 e.